The molecule has 1 heterocycles. The molecule has 6 heteroatoms. The fourth-order valence-electron chi connectivity index (χ4n) is 2.30. The van der Waals surface area contributed by atoms with Gasteiger partial charge in [0.1, 0.15) is 0 Å². The molecule has 0 aromatic heterocycles. The second-order valence-electron chi connectivity index (χ2n) is 4.92. The average molecular weight is 338 g/mol. The van der Waals surface area contributed by atoms with Crippen LogP contribution >= 0.6 is 35.6 Å². The molecule has 1 aliphatic heterocycles. The highest BCUT2D eigenvalue weighted by molar-refractivity contribution is 6.35. The smallest absolute Gasteiger partial charge is 0.225 e. The number of benzene rings is 1. The Kier molecular flexibility index (Phi) is 7.10. The molecule has 3 nitrogen and oxygen atoms in total. The molecule has 1 N–H and O–H groups in total. The summed E-state index contributed by atoms with van der Waals surface area (Å²) in [5.41, 5.74) is 0.974. The molecule has 0 spiro atoms. The Bertz CT molecular complexity index is 462. The van der Waals surface area contributed by atoms with Gasteiger partial charge in [0.25, 0.3) is 0 Å². The molecule has 1 atom stereocenters. The quantitative estimate of drug-likeness (QED) is 0.919. The van der Waals surface area contributed by atoms with Crippen LogP contribution in [0.1, 0.15) is 12.5 Å². The summed E-state index contributed by atoms with van der Waals surface area (Å²) in [6.45, 7) is 5.28. The van der Waals surface area contributed by atoms with Crippen LogP contribution in [0.5, 0.6) is 0 Å². The van der Waals surface area contributed by atoms with Crippen LogP contribution in [0.4, 0.5) is 0 Å². The van der Waals surface area contributed by atoms with E-state index in [2.05, 4.69) is 5.32 Å². The number of hydrogen-bond donors (Lipinski definition) is 1. The third kappa shape index (κ3) is 4.52. The van der Waals surface area contributed by atoms with Gasteiger partial charge in [-0.3, -0.25) is 4.79 Å². The van der Waals surface area contributed by atoms with Gasteiger partial charge in [-0.25, -0.2) is 0 Å². The number of carbonyl (C=O) groups is 1. The van der Waals surface area contributed by atoms with Crippen molar-refractivity contribution in [3.05, 3.63) is 33.8 Å². The molecule has 2 rings (SSSR count). The molecule has 0 bridgehead atoms. The van der Waals surface area contributed by atoms with E-state index >= 15 is 0 Å². The molecule has 112 valence electrons. The minimum absolute atomic E-state index is 0. The van der Waals surface area contributed by atoms with Crippen molar-refractivity contribution in [1.82, 2.24) is 10.2 Å². The molecule has 1 aromatic carbocycles. The van der Waals surface area contributed by atoms with Crippen LogP contribution in [0, 0.1) is 5.92 Å². The van der Waals surface area contributed by atoms with Gasteiger partial charge in [-0.1, -0.05) is 36.2 Å². The van der Waals surface area contributed by atoms with Crippen molar-refractivity contribution in [2.75, 3.05) is 26.2 Å². The highest BCUT2D eigenvalue weighted by atomic mass is 35.5. The van der Waals surface area contributed by atoms with Crippen LogP contribution < -0.4 is 5.32 Å². The third-order valence-corrected chi connectivity index (χ3v) is 3.98. The number of carbonyl (C=O) groups excluding carboxylic acids is 1. The minimum atomic E-state index is -0.0585. The summed E-state index contributed by atoms with van der Waals surface area (Å²) in [6.07, 6.45) is 0.652. The lowest BCUT2D eigenvalue weighted by molar-refractivity contribution is -0.135. The van der Waals surface area contributed by atoms with Crippen LogP contribution in [-0.2, 0) is 11.2 Å². The van der Waals surface area contributed by atoms with Gasteiger partial charge in [-0.2, -0.15) is 0 Å². The number of halogens is 3. The summed E-state index contributed by atoms with van der Waals surface area (Å²) in [5.74, 6) is 0.143. The standard InChI is InChI=1S/C14H18Cl2N2O.ClH/c1-10(14(19)18-6-4-17-5-7-18)8-11-2-3-12(15)9-13(11)16;/h2-3,9-10,17H,4-8H2,1H3;1H. The average Bonchev–Trinajstić information content (AvgIpc) is 2.42. The van der Waals surface area contributed by atoms with Gasteiger partial charge in [0, 0.05) is 42.1 Å². The van der Waals surface area contributed by atoms with E-state index in [0.29, 0.717) is 16.5 Å². The van der Waals surface area contributed by atoms with Crippen molar-refractivity contribution in [1.29, 1.82) is 0 Å². The lowest BCUT2D eigenvalue weighted by atomic mass is 9.99. The van der Waals surface area contributed by atoms with Crippen LogP contribution in [0.3, 0.4) is 0 Å². The Balaban J connectivity index is 0.00000200. The first-order chi connectivity index (χ1) is 9.08. The molecule has 1 saturated heterocycles. The first-order valence-electron chi connectivity index (χ1n) is 6.51. The van der Waals surface area contributed by atoms with Crippen LogP contribution in [0.2, 0.25) is 10.0 Å². The predicted molar refractivity (Wildman–Crippen MR) is 86.0 cm³/mol. The monoisotopic (exact) mass is 336 g/mol. The molecule has 0 saturated carbocycles. The third-order valence-electron chi connectivity index (χ3n) is 3.39. The van der Waals surface area contributed by atoms with E-state index in [4.69, 9.17) is 23.2 Å². The molecule has 0 aliphatic carbocycles. The van der Waals surface area contributed by atoms with Crippen molar-refractivity contribution in [2.24, 2.45) is 5.92 Å². The van der Waals surface area contributed by atoms with Crippen molar-refractivity contribution in [3.8, 4) is 0 Å². The Morgan fingerprint density at radius 2 is 2.00 bits per heavy atom. The Labute approximate surface area is 136 Å². The summed E-state index contributed by atoms with van der Waals surface area (Å²) in [5, 5.41) is 4.50. The molecule has 0 radical (unpaired) electrons. The van der Waals surface area contributed by atoms with Gasteiger partial charge in [0.15, 0.2) is 0 Å². The number of amides is 1. The Morgan fingerprint density at radius 1 is 1.35 bits per heavy atom. The van der Waals surface area contributed by atoms with E-state index in [1.807, 2.05) is 24.0 Å². The number of rotatable bonds is 3. The molecule has 1 aromatic rings. The molecular formula is C14H19Cl3N2O. The van der Waals surface area contributed by atoms with Crippen LogP contribution in [0.15, 0.2) is 18.2 Å². The molecule has 20 heavy (non-hydrogen) atoms. The fourth-order valence-corrected chi connectivity index (χ4v) is 2.79. The number of hydrogen-bond acceptors (Lipinski definition) is 2. The van der Waals surface area contributed by atoms with E-state index in [-0.39, 0.29) is 24.2 Å². The second kappa shape index (κ2) is 8.08. The zero-order chi connectivity index (χ0) is 13.8. The SMILES string of the molecule is CC(Cc1ccc(Cl)cc1Cl)C(=O)N1CCNCC1.Cl. The summed E-state index contributed by atoms with van der Waals surface area (Å²) >= 11 is 12.0. The fraction of sp³-hybridized carbons (Fsp3) is 0.500. The number of nitrogens with zero attached hydrogens (tertiary/aromatic N) is 1. The first-order valence-corrected chi connectivity index (χ1v) is 7.27. The Hall–Kier alpha value is -0.480. The van der Waals surface area contributed by atoms with E-state index in [0.717, 1.165) is 31.7 Å². The van der Waals surface area contributed by atoms with E-state index in [1.165, 1.54) is 0 Å². The topological polar surface area (TPSA) is 32.3 Å². The summed E-state index contributed by atoms with van der Waals surface area (Å²) in [6, 6.07) is 5.43. The summed E-state index contributed by atoms with van der Waals surface area (Å²) in [7, 11) is 0. The molecule has 1 fully saturated rings. The van der Waals surface area contributed by atoms with E-state index in [9.17, 15) is 4.79 Å². The summed E-state index contributed by atoms with van der Waals surface area (Å²) in [4.78, 5) is 14.2. The number of piperazine rings is 1. The molecular weight excluding hydrogens is 319 g/mol. The maximum atomic E-state index is 12.3. The lowest BCUT2D eigenvalue weighted by Gasteiger charge is -2.30. The van der Waals surface area contributed by atoms with Crippen molar-refractivity contribution >= 4 is 41.5 Å². The zero-order valence-electron chi connectivity index (χ0n) is 11.4. The van der Waals surface area contributed by atoms with Crippen LogP contribution in [-0.4, -0.2) is 37.0 Å². The predicted octanol–water partition coefficient (Wildman–Crippen LogP) is 3.03. The van der Waals surface area contributed by atoms with Gasteiger partial charge in [-0.05, 0) is 24.1 Å². The van der Waals surface area contributed by atoms with Gasteiger partial charge >= 0.3 is 0 Å². The zero-order valence-corrected chi connectivity index (χ0v) is 13.7. The first kappa shape index (κ1) is 17.6. The van der Waals surface area contributed by atoms with Gasteiger partial charge in [0.05, 0.1) is 0 Å². The van der Waals surface area contributed by atoms with Crippen LogP contribution in [0.25, 0.3) is 0 Å². The lowest BCUT2D eigenvalue weighted by Crippen LogP contribution is -2.48. The highest BCUT2D eigenvalue weighted by Crippen LogP contribution is 2.24. The second-order valence-corrected chi connectivity index (χ2v) is 5.76. The maximum absolute atomic E-state index is 12.3. The largest absolute Gasteiger partial charge is 0.340 e. The Morgan fingerprint density at radius 3 is 2.60 bits per heavy atom. The van der Waals surface area contributed by atoms with Gasteiger partial charge in [0.2, 0.25) is 5.91 Å². The van der Waals surface area contributed by atoms with Crippen molar-refractivity contribution < 1.29 is 4.79 Å². The minimum Gasteiger partial charge on any atom is -0.340 e. The molecule has 1 unspecified atom stereocenters. The normalized spacial score (nSPS) is 16.4. The molecule has 1 aliphatic rings. The van der Waals surface area contributed by atoms with Crippen molar-refractivity contribution in [2.45, 2.75) is 13.3 Å². The van der Waals surface area contributed by atoms with E-state index in [1.54, 1.807) is 6.07 Å². The van der Waals surface area contributed by atoms with E-state index < -0.39 is 0 Å². The molecule has 1 amide bonds. The highest BCUT2D eigenvalue weighted by Gasteiger charge is 2.22. The van der Waals surface area contributed by atoms with Gasteiger partial charge < -0.3 is 10.2 Å². The maximum Gasteiger partial charge on any atom is 0.225 e. The summed E-state index contributed by atoms with van der Waals surface area (Å²) < 4.78 is 0. The number of nitrogens with one attached hydrogen (secondary N) is 1. The van der Waals surface area contributed by atoms with Gasteiger partial charge in [-0.15, -0.1) is 12.4 Å². The van der Waals surface area contributed by atoms with Crippen molar-refractivity contribution in [3.63, 3.8) is 0 Å².